The van der Waals surface area contributed by atoms with Gasteiger partial charge in [-0.25, -0.2) is 4.79 Å². The fourth-order valence-corrected chi connectivity index (χ4v) is 4.47. The summed E-state index contributed by atoms with van der Waals surface area (Å²) in [6, 6.07) is 28.4. The van der Waals surface area contributed by atoms with E-state index >= 15 is 0 Å². The summed E-state index contributed by atoms with van der Waals surface area (Å²) in [5.41, 5.74) is 12.6. The Hall–Kier alpha value is -4.23. The van der Waals surface area contributed by atoms with Crippen molar-refractivity contribution in [2.45, 2.75) is 12.3 Å². The van der Waals surface area contributed by atoms with E-state index in [1.807, 2.05) is 60.7 Å². The fourth-order valence-electron chi connectivity index (χ4n) is 4.47. The summed E-state index contributed by atoms with van der Waals surface area (Å²) >= 11 is 0. The largest absolute Gasteiger partial charge is 0.449 e. The summed E-state index contributed by atoms with van der Waals surface area (Å²) in [6.45, 7) is 0.736. The number of nitrogens with one attached hydrogen (secondary N) is 1. The van der Waals surface area contributed by atoms with Gasteiger partial charge in [0.2, 0.25) is 0 Å². The predicted molar refractivity (Wildman–Crippen MR) is 133 cm³/mol. The molecular formula is C29H24N2O2. The molecule has 0 fully saturated rings. The Bertz CT molecular complexity index is 1350. The minimum absolute atomic E-state index is 0.0572. The molecule has 4 aromatic carbocycles. The van der Waals surface area contributed by atoms with E-state index in [1.165, 1.54) is 22.3 Å². The summed E-state index contributed by atoms with van der Waals surface area (Å²) in [4.78, 5) is 12.3. The number of carbonyl (C=O) groups is 1. The van der Waals surface area contributed by atoms with Crippen LogP contribution in [-0.2, 0) is 4.74 Å². The molecule has 0 aliphatic heterocycles. The fraction of sp³-hybridized carbons (Fsp3) is 0.138. The van der Waals surface area contributed by atoms with Crippen LogP contribution in [0.25, 0.3) is 21.9 Å². The number of carbonyl (C=O) groups excluding carboxylic acids is 1. The highest BCUT2D eigenvalue weighted by atomic mass is 16.5. The molecule has 0 bridgehead atoms. The van der Waals surface area contributed by atoms with Gasteiger partial charge in [0.15, 0.2) is 0 Å². The highest BCUT2D eigenvalue weighted by molar-refractivity contribution is 5.96. The van der Waals surface area contributed by atoms with Crippen LogP contribution >= 0.6 is 0 Å². The smallest absolute Gasteiger partial charge is 0.407 e. The van der Waals surface area contributed by atoms with Crippen molar-refractivity contribution < 1.29 is 9.53 Å². The zero-order chi connectivity index (χ0) is 22.6. The number of hydrogen-bond donors (Lipinski definition) is 2. The van der Waals surface area contributed by atoms with Gasteiger partial charge in [0.05, 0.1) is 0 Å². The van der Waals surface area contributed by atoms with Crippen LogP contribution in [0.5, 0.6) is 0 Å². The van der Waals surface area contributed by atoms with Crippen LogP contribution in [0.3, 0.4) is 0 Å². The molecule has 0 radical (unpaired) electrons. The van der Waals surface area contributed by atoms with Crippen molar-refractivity contribution >= 4 is 22.6 Å². The minimum atomic E-state index is -0.420. The number of ether oxygens (including phenoxy) is 1. The maximum atomic E-state index is 12.3. The highest BCUT2D eigenvalue weighted by Crippen LogP contribution is 2.44. The van der Waals surface area contributed by atoms with Crippen LogP contribution in [0.2, 0.25) is 0 Å². The Balaban J connectivity index is 1.16. The quantitative estimate of drug-likeness (QED) is 0.247. The van der Waals surface area contributed by atoms with E-state index in [9.17, 15) is 4.79 Å². The van der Waals surface area contributed by atoms with Crippen molar-refractivity contribution in [3.8, 4) is 23.0 Å². The van der Waals surface area contributed by atoms with Gasteiger partial charge >= 0.3 is 6.09 Å². The maximum Gasteiger partial charge on any atom is 0.407 e. The van der Waals surface area contributed by atoms with E-state index in [2.05, 4.69) is 41.4 Å². The molecule has 4 aromatic rings. The van der Waals surface area contributed by atoms with Gasteiger partial charge in [-0.2, -0.15) is 0 Å². The van der Waals surface area contributed by atoms with Gasteiger partial charge in [-0.15, -0.1) is 0 Å². The van der Waals surface area contributed by atoms with Crippen molar-refractivity contribution in [3.63, 3.8) is 0 Å². The molecule has 1 amide bonds. The highest BCUT2D eigenvalue weighted by Gasteiger charge is 2.28. The van der Waals surface area contributed by atoms with Gasteiger partial charge < -0.3 is 15.8 Å². The average Bonchev–Trinajstić information content (AvgIpc) is 3.18. The van der Waals surface area contributed by atoms with Gasteiger partial charge in [0.25, 0.3) is 0 Å². The summed E-state index contributed by atoms with van der Waals surface area (Å²) in [6.07, 6.45) is 0.111. The number of alkyl carbamates (subject to hydrolysis) is 1. The van der Waals surface area contributed by atoms with Gasteiger partial charge in [-0.1, -0.05) is 84.6 Å². The Labute approximate surface area is 193 Å². The second kappa shape index (κ2) is 9.10. The maximum absolute atomic E-state index is 12.3. The number of amides is 1. The molecule has 0 heterocycles. The lowest BCUT2D eigenvalue weighted by molar-refractivity contribution is 0.143. The molecule has 0 spiro atoms. The SMILES string of the molecule is Nc1ccc(C#CCCNC(=O)OCC2c3ccccc3-c3ccccc32)c2ccccc12. The zero-order valence-electron chi connectivity index (χ0n) is 18.2. The van der Waals surface area contributed by atoms with E-state index in [4.69, 9.17) is 10.5 Å². The summed E-state index contributed by atoms with van der Waals surface area (Å²) in [7, 11) is 0. The van der Waals surface area contributed by atoms with Crippen LogP contribution in [0.1, 0.15) is 29.0 Å². The van der Waals surface area contributed by atoms with Crippen molar-refractivity contribution in [2.75, 3.05) is 18.9 Å². The number of anilines is 1. The second-order valence-corrected chi connectivity index (χ2v) is 8.05. The molecule has 0 saturated carbocycles. The van der Waals surface area contributed by atoms with Crippen LogP contribution in [0.15, 0.2) is 84.9 Å². The van der Waals surface area contributed by atoms with Gasteiger partial charge in [-0.3, -0.25) is 0 Å². The van der Waals surface area contributed by atoms with E-state index < -0.39 is 6.09 Å². The van der Waals surface area contributed by atoms with Gasteiger partial charge in [0.1, 0.15) is 6.61 Å². The molecule has 162 valence electrons. The normalized spacial score (nSPS) is 11.9. The third-order valence-electron chi connectivity index (χ3n) is 6.04. The van der Waals surface area contributed by atoms with E-state index in [1.54, 1.807) is 0 Å². The van der Waals surface area contributed by atoms with E-state index in [-0.39, 0.29) is 5.92 Å². The first-order chi connectivity index (χ1) is 16.2. The van der Waals surface area contributed by atoms with Gasteiger partial charge in [-0.05, 0) is 39.8 Å². The lowest BCUT2D eigenvalue weighted by Gasteiger charge is -2.14. The molecule has 1 aliphatic carbocycles. The lowest BCUT2D eigenvalue weighted by atomic mass is 9.98. The first-order valence-corrected chi connectivity index (χ1v) is 11.1. The Kier molecular flexibility index (Phi) is 5.70. The predicted octanol–water partition coefficient (Wildman–Crippen LogP) is 5.70. The number of rotatable bonds is 4. The minimum Gasteiger partial charge on any atom is -0.449 e. The number of benzene rings is 4. The Morgan fingerprint density at radius 3 is 2.21 bits per heavy atom. The van der Waals surface area contributed by atoms with Crippen LogP contribution < -0.4 is 11.1 Å². The number of fused-ring (bicyclic) bond motifs is 4. The van der Waals surface area contributed by atoms with Gasteiger partial charge in [0, 0.05) is 35.5 Å². The average molecular weight is 433 g/mol. The molecule has 0 atom stereocenters. The molecule has 1 aliphatic rings. The summed E-state index contributed by atoms with van der Waals surface area (Å²) in [5.74, 6) is 6.38. The second-order valence-electron chi connectivity index (χ2n) is 8.05. The van der Waals surface area contributed by atoms with Crippen molar-refractivity contribution in [2.24, 2.45) is 0 Å². The molecule has 33 heavy (non-hydrogen) atoms. The number of nitrogen functional groups attached to an aromatic ring is 1. The molecule has 4 nitrogen and oxygen atoms in total. The van der Waals surface area contributed by atoms with Crippen molar-refractivity contribution in [3.05, 3.63) is 102 Å². The van der Waals surface area contributed by atoms with Crippen molar-refractivity contribution in [1.29, 1.82) is 0 Å². The topological polar surface area (TPSA) is 64.3 Å². The molecule has 0 aromatic heterocycles. The third-order valence-corrected chi connectivity index (χ3v) is 6.04. The number of nitrogens with two attached hydrogens (primary N) is 1. The van der Waals surface area contributed by atoms with Crippen LogP contribution in [0, 0.1) is 11.8 Å². The molecule has 3 N–H and O–H groups in total. The van der Waals surface area contributed by atoms with Crippen molar-refractivity contribution in [1.82, 2.24) is 5.32 Å². The van der Waals surface area contributed by atoms with Crippen LogP contribution in [0.4, 0.5) is 10.5 Å². The first-order valence-electron chi connectivity index (χ1n) is 11.1. The summed E-state index contributed by atoms with van der Waals surface area (Å²) in [5, 5.41) is 4.84. The van der Waals surface area contributed by atoms with E-state index in [0.717, 1.165) is 22.0 Å². The third kappa shape index (κ3) is 4.14. The number of hydrogen-bond acceptors (Lipinski definition) is 3. The molecule has 4 heteroatoms. The molecular weight excluding hydrogens is 408 g/mol. The zero-order valence-corrected chi connectivity index (χ0v) is 18.2. The van der Waals surface area contributed by atoms with E-state index in [0.29, 0.717) is 19.6 Å². The molecule has 0 saturated heterocycles. The summed E-state index contributed by atoms with van der Waals surface area (Å²) < 4.78 is 5.56. The Morgan fingerprint density at radius 1 is 0.848 bits per heavy atom. The van der Waals surface area contributed by atoms with Crippen LogP contribution in [-0.4, -0.2) is 19.2 Å². The first kappa shape index (κ1) is 20.7. The molecule has 5 rings (SSSR count). The monoisotopic (exact) mass is 432 g/mol. The Morgan fingerprint density at radius 2 is 1.48 bits per heavy atom. The lowest BCUT2D eigenvalue weighted by Crippen LogP contribution is -2.26. The standard InChI is InChI=1S/C29H24N2O2/c30-28-17-16-20(21-10-1-6-15-26(21)28)9-7-8-18-31-29(32)33-19-27-24-13-4-2-11-22(24)23-12-3-5-14-25(23)27/h1-6,10-17,27H,8,18-19,30H2,(H,31,32). The molecule has 0 unspecified atom stereocenters.